The Labute approximate surface area is 247 Å². The number of carbonyl (C=O) groups excluding carboxylic acids is 2. The van der Waals surface area contributed by atoms with Gasteiger partial charge in [-0.05, 0) is 110 Å². The number of carbonyl (C=O) groups is 3. The molecule has 2 aliphatic heterocycles. The lowest BCUT2D eigenvalue weighted by molar-refractivity contribution is -0.139. The lowest BCUT2D eigenvalue weighted by Crippen LogP contribution is -2.42. The number of hydrogen-bond donors (Lipinski definition) is 1. The fraction of sp³-hybridized carbons (Fsp3) is 0.485. The molecule has 0 radical (unpaired) electrons. The summed E-state index contributed by atoms with van der Waals surface area (Å²) in [7, 11) is 1.48. The van der Waals surface area contributed by atoms with Crippen LogP contribution in [0.5, 0.6) is 11.5 Å². The molecule has 8 heteroatoms. The second-order valence-electron chi connectivity index (χ2n) is 11.5. The topological polar surface area (TPSA) is 93.1 Å². The van der Waals surface area contributed by atoms with Gasteiger partial charge in [0.1, 0.15) is 23.7 Å². The Kier molecular flexibility index (Phi) is 9.52. The van der Waals surface area contributed by atoms with E-state index >= 15 is 0 Å². The molecule has 0 saturated carbocycles. The molecule has 1 saturated heterocycles. The zero-order valence-electron chi connectivity index (χ0n) is 25.0. The van der Waals surface area contributed by atoms with Gasteiger partial charge in [-0.15, -0.1) is 0 Å². The van der Waals surface area contributed by atoms with E-state index < -0.39 is 17.5 Å². The maximum atomic E-state index is 12.3. The zero-order chi connectivity index (χ0) is 29.9. The van der Waals surface area contributed by atoms with E-state index in [2.05, 4.69) is 13.8 Å². The van der Waals surface area contributed by atoms with Crippen LogP contribution in [0, 0.1) is 20.8 Å². The van der Waals surface area contributed by atoms with Crippen molar-refractivity contribution < 1.29 is 29.0 Å². The minimum absolute atomic E-state index is 0.274. The third-order valence-electron chi connectivity index (χ3n) is 8.39. The van der Waals surface area contributed by atoms with Crippen LogP contribution in [0.2, 0.25) is 0 Å². The number of thioether (sulfide) groups is 1. The largest absolute Gasteiger partial charge is 0.489 e. The van der Waals surface area contributed by atoms with Crippen molar-refractivity contribution in [3.63, 3.8) is 0 Å². The number of imide groups is 1. The third-order valence-corrected chi connectivity index (χ3v) is 9.35. The molecule has 2 heterocycles. The van der Waals surface area contributed by atoms with Crippen LogP contribution in [-0.4, -0.2) is 46.4 Å². The summed E-state index contributed by atoms with van der Waals surface area (Å²) >= 11 is 0.937. The van der Waals surface area contributed by atoms with Gasteiger partial charge in [0, 0.05) is 7.05 Å². The minimum Gasteiger partial charge on any atom is -0.489 e. The molecule has 2 atom stereocenters. The molecule has 1 fully saturated rings. The molecule has 4 rings (SSSR count). The Bertz CT molecular complexity index is 1370. The lowest BCUT2D eigenvalue weighted by atomic mass is 9.80. The van der Waals surface area contributed by atoms with Gasteiger partial charge in [-0.25, -0.2) is 0 Å². The van der Waals surface area contributed by atoms with Crippen molar-refractivity contribution in [2.24, 2.45) is 0 Å². The molecular weight excluding hydrogens is 538 g/mol. The summed E-state index contributed by atoms with van der Waals surface area (Å²) < 4.78 is 12.8. The van der Waals surface area contributed by atoms with Crippen LogP contribution in [0.1, 0.15) is 91.7 Å². The Hall–Kier alpha value is -3.26. The zero-order valence-corrected chi connectivity index (χ0v) is 25.8. The number of ether oxygens (including phenoxy) is 2. The van der Waals surface area contributed by atoms with Crippen molar-refractivity contribution in [3.8, 4) is 11.5 Å². The van der Waals surface area contributed by atoms with Gasteiger partial charge in [0.25, 0.3) is 11.1 Å². The predicted octanol–water partition coefficient (Wildman–Crippen LogP) is 7.58. The number of nitrogens with zero attached hydrogens (tertiary/aromatic N) is 1. The summed E-state index contributed by atoms with van der Waals surface area (Å²) in [5, 5.41) is 9.85. The SMILES string of the molecule is CCCCCCC(C(=O)O)c1c(C)c(C)c2c(c1C)CCC(C)(COc1ccc(C=C3SC(=O)N(C)C3=O)cc1)O2. The molecule has 1 N–H and O–H groups in total. The molecule has 2 amide bonds. The Morgan fingerprint density at radius 3 is 2.44 bits per heavy atom. The highest BCUT2D eigenvalue weighted by molar-refractivity contribution is 8.18. The molecule has 2 aromatic carbocycles. The van der Waals surface area contributed by atoms with Gasteiger partial charge in [-0.2, -0.15) is 0 Å². The highest BCUT2D eigenvalue weighted by Gasteiger charge is 2.37. The van der Waals surface area contributed by atoms with Gasteiger partial charge in [-0.3, -0.25) is 19.3 Å². The number of benzene rings is 2. The standard InChI is InChI=1S/C33H41NO6S/c1-7-8-9-10-11-26(31(36)37)28-20(2)21(3)29-25(22(28)4)16-17-33(5,40-29)19-39-24-14-12-23(13-15-24)18-27-30(35)34(6)32(38)41-27/h12-15,18,26H,7-11,16-17,19H2,1-6H3,(H,36,37). The summed E-state index contributed by atoms with van der Waals surface area (Å²) in [6, 6.07) is 7.41. The molecule has 0 spiro atoms. The average molecular weight is 580 g/mol. The van der Waals surface area contributed by atoms with Crippen molar-refractivity contribution in [1.82, 2.24) is 4.90 Å². The molecule has 0 bridgehead atoms. The number of likely N-dealkylation sites (N-methyl/N-ethyl adjacent to an activating group) is 1. The molecule has 0 aliphatic carbocycles. The maximum absolute atomic E-state index is 12.3. The van der Waals surface area contributed by atoms with Crippen LogP contribution in [0.15, 0.2) is 29.2 Å². The van der Waals surface area contributed by atoms with Crippen LogP contribution in [0.3, 0.4) is 0 Å². The normalized spacial score (nSPS) is 20.2. The maximum Gasteiger partial charge on any atom is 0.310 e. The van der Waals surface area contributed by atoms with Gasteiger partial charge in [-0.1, -0.05) is 44.7 Å². The van der Waals surface area contributed by atoms with Crippen LogP contribution in [0.4, 0.5) is 4.79 Å². The van der Waals surface area contributed by atoms with Gasteiger partial charge in [0.05, 0.1) is 10.8 Å². The van der Waals surface area contributed by atoms with E-state index in [0.29, 0.717) is 23.7 Å². The fourth-order valence-electron chi connectivity index (χ4n) is 5.72. The summed E-state index contributed by atoms with van der Waals surface area (Å²) in [6.07, 6.45) is 8.14. The molecule has 2 aromatic rings. The number of carboxylic acid groups (broad SMARTS) is 1. The predicted molar refractivity (Wildman–Crippen MR) is 163 cm³/mol. The lowest BCUT2D eigenvalue weighted by Gasteiger charge is -2.38. The number of fused-ring (bicyclic) bond motifs is 1. The molecule has 220 valence electrons. The van der Waals surface area contributed by atoms with Gasteiger partial charge >= 0.3 is 5.97 Å². The average Bonchev–Trinajstić information content (AvgIpc) is 3.18. The molecule has 41 heavy (non-hydrogen) atoms. The monoisotopic (exact) mass is 579 g/mol. The number of amides is 2. The molecule has 7 nitrogen and oxygen atoms in total. The second kappa shape index (κ2) is 12.7. The Balaban J connectivity index is 1.47. The molecule has 2 unspecified atom stereocenters. The highest BCUT2D eigenvalue weighted by atomic mass is 32.2. The van der Waals surface area contributed by atoms with E-state index in [1.807, 2.05) is 45.0 Å². The smallest absolute Gasteiger partial charge is 0.310 e. The number of unbranched alkanes of at least 4 members (excludes halogenated alkanes) is 3. The summed E-state index contributed by atoms with van der Waals surface area (Å²) in [6.45, 7) is 10.7. The van der Waals surface area contributed by atoms with E-state index in [1.165, 1.54) is 7.05 Å². The molecule has 2 aliphatic rings. The Morgan fingerprint density at radius 1 is 1.12 bits per heavy atom. The quantitative estimate of drug-likeness (QED) is 0.217. The van der Waals surface area contributed by atoms with Crippen LogP contribution in [0.25, 0.3) is 6.08 Å². The van der Waals surface area contributed by atoms with Crippen molar-refractivity contribution >= 4 is 35.0 Å². The fourth-order valence-corrected chi connectivity index (χ4v) is 6.55. The number of aliphatic carboxylic acids is 1. The molecule has 0 aromatic heterocycles. The highest BCUT2D eigenvalue weighted by Crippen LogP contribution is 2.44. The van der Waals surface area contributed by atoms with Gasteiger partial charge in [0.15, 0.2) is 0 Å². The number of hydrogen-bond acceptors (Lipinski definition) is 6. The van der Waals surface area contributed by atoms with Crippen molar-refractivity contribution in [3.05, 3.63) is 62.6 Å². The van der Waals surface area contributed by atoms with Crippen LogP contribution < -0.4 is 9.47 Å². The van der Waals surface area contributed by atoms with E-state index in [0.717, 1.165) is 94.3 Å². The van der Waals surface area contributed by atoms with E-state index in [1.54, 1.807) is 6.08 Å². The van der Waals surface area contributed by atoms with Crippen LogP contribution >= 0.6 is 11.8 Å². The summed E-state index contributed by atoms with van der Waals surface area (Å²) in [4.78, 5) is 37.7. The minimum atomic E-state index is -0.751. The van der Waals surface area contributed by atoms with Crippen molar-refractivity contribution in [1.29, 1.82) is 0 Å². The van der Waals surface area contributed by atoms with Crippen molar-refractivity contribution in [2.75, 3.05) is 13.7 Å². The first-order chi connectivity index (χ1) is 19.5. The molecular formula is C33H41NO6S. The summed E-state index contributed by atoms with van der Waals surface area (Å²) in [5.41, 5.74) is 5.40. The first kappa shape index (κ1) is 30.7. The Morgan fingerprint density at radius 2 is 1.83 bits per heavy atom. The van der Waals surface area contributed by atoms with Crippen molar-refractivity contribution in [2.45, 2.75) is 91.1 Å². The number of rotatable bonds is 11. The van der Waals surface area contributed by atoms with E-state index in [9.17, 15) is 19.5 Å². The first-order valence-corrected chi connectivity index (χ1v) is 15.3. The van der Waals surface area contributed by atoms with E-state index in [-0.39, 0.29) is 11.1 Å². The second-order valence-corrected chi connectivity index (χ2v) is 12.5. The van der Waals surface area contributed by atoms with Gasteiger partial charge in [0.2, 0.25) is 0 Å². The van der Waals surface area contributed by atoms with Crippen LogP contribution in [-0.2, 0) is 16.0 Å². The summed E-state index contributed by atoms with van der Waals surface area (Å²) in [5.74, 6) is 0.00230. The third kappa shape index (κ3) is 6.64. The first-order valence-electron chi connectivity index (χ1n) is 14.4. The van der Waals surface area contributed by atoms with E-state index in [4.69, 9.17) is 9.47 Å². The number of carboxylic acids is 1. The van der Waals surface area contributed by atoms with Gasteiger partial charge < -0.3 is 14.6 Å².